The van der Waals surface area contributed by atoms with Crippen molar-refractivity contribution in [3.05, 3.63) is 325 Å². The number of fused-ring (bicyclic) bond motifs is 16. The van der Waals surface area contributed by atoms with Crippen molar-refractivity contribution in [1.82, 2.24) is 39.9 Å². The molecule has 0 radical (unpaired) electrons. The summed E-state index contributed by atoms with van der Waals surface area (Å²) in [6.07, 6.45) is 2.32. The first-order chi connectivity index (χ1) is 64.2. The normalized spacial score (nSPS) is 12.5. The fourth-order valence-corrected chi connectivity index (χ4v) is 15.0. The molecule has 8 aromatic carbocycles. The molecule has 690 valence electrons. The van der Waals surface area contributed by atoms with Crippen molar-refractivity contribution in [2.24, 2.45) is 0 Å². The van der Waals surface area contributed by atoms with Crippen molar-refractivity contribution in [3.63, 3.8) is 0 Å². The molecule has 48 heteroatoms. The van der Waals surface area contributed by atoms with Crippen molar-refractivity contribution >= 4 is 95.0 Å². The van der Waals surface area contributed by atoms with Crippen LogP contribution in [0.15, 0.2) is 24.3 Å². The van der Waals surface area contributed by atoms with Crippen LogP contribution in [0.25, 0.3) is 184 Å². The average molecular weight is 1950 g/mol. The zero-order valence-corrected chi connectivity index (χ0v) is 64.0. The second kappa shape index (κ2) is 33.1. The third-order valence-corrected chi connectivity index (χ3v) is 21.0. The highest BCUT2D eigenvalue weighted by molar-refractivity contribution is 6.03. The summed E-state index contributed by atoms with van der Waals surface area (Å²) in [7, 11) is 0. The fraction of sp³-hybridized carbons (Fsp3) is 0. The zero-order chi connectivity index (χ0) is 98.5. The van der Waals surface area contributed by atoms with Crippen molar-refractivity contribution in [3.8, 4) is 89.0 Å². The third kappa shape index (κ3) is 13.7. The maximum absolute atomic E-state index is 16.9. The van der Waals surface area contributed by atoms with Crippen LogP contribution in [0.2, 0.25) is 0 Å². The van der Waals surface area contributed by atoms with Crippen LogP contribution in [-0.4, -0.2) is 39.9 Å². The summed E-state index contributed by atoms with van der Waals surface area (Å²) >= 11 is 0. The van der Waals surface area contributed by atoms with E-state index in [1.807, 2.05) is 9.97 Å². The fourth-order valence-electron chi connectivity index (χ4n) is 15.0. The predicted molar refractivity (Wildman–Crippen MR) is 398 cm³/mol. The van der Waals surface area contributed by atoms with E-state index in [1.54, 1.807) is 0 Å². The molecule has 0 atom stereocenters. The average Bonchev–Trinajstić information content (AvgIpc) is 1.58. The van der Waals surface area contributed by atoms with E-state index in [-0.39, 0.29) is 97.2 Å². The molecule has 6 aliphatic heterocycles. The Bertz CT molecular complexity index is 7530. The molecule has 0 amide bonds. The molecule has 8 nitrogen and oxygen atoms in total. The summed E-state index contributed by atoms with van der Waals surface area (Å²) in [4.78, 5) is 27.0. The maximum atomic E-state index is 16.9. The second-order valence-corrected chi connectivity index (χ2v) is 28.4. The molecule has 3 aromatic heterocycles. The van der Waals surface area contributed by atoms with Gasteiger partial charge in [-0.15, -0.1) is 0 Å². The first kappa shape index (κ1) is 92.0. The summed E-state index contributed by atoms with van der Waals surface area (Å²) in [6, 6.07) is 0.956. The van der Waals surface area contributed by atoms with Gasteiger partial charge in [-0.2, -0.15) is 0 Å². The lowest BCUT2D eigenvalue weighted by Gasteiger charge is -2.12. The Morgan fingerprint density at radius 1 is 0.103 bits per heavy atom. The Kier molecular flexibility index (Phi) is 22.4. The molecule has 2 N–H and O–H groups in total. The van der Waals surface area contributed by atoms with E-state index in [0.29, 0.717) is 0 Å². The lowest BCUT2D eigenvalue weighted by molar-refractivity contribution is 0.381. The van der Waals surface area contributed by atoms with Gasteiger partial charge in [-0.25, -0.2) is 206 Å². The lowest BCUT2D eigenvalue weighted by Crippen LogP contribution is -2.07. The van der Waals surface area contributed by atoms with Gasteiger partial charge in [-0.3, -0.25) is 0 Å². The SMILES string of the molecule is Fc1c(F)c(F)c(-c2c3nc(c(-c4c(F)c(F)c(F)c(F)c4F)c4nc(c(-c5c(F)c(F)c(F)c(F)c5F)c5nc(c(-c6c(F)c(F)c(F)c(F)c6F)c6ccc([nH]6)c(-c6c(F)c(F)c(F)c(F)c6F)c6nc(c(-c7c(F)c(F)c(F)c(F)c7F)c7ccc([nH]7)c(-c7c(F)c(F)c(F)c(F)c7F)c7nc(c(-c8c(F)c(F)c(F)c(F)c8F)c8nc2C=C8)C=C7)C=C6)C=C5)C=C4)C=C3)c(F)c1F. The van der Waals surface area contributed by atoms with E-state index in [4.69, 9.17) is 0 Å². The van der Waals surface area contributed by atoms with Crippen LogP contribution < -0.4 is 0 Å². The van der Waals surface area contributed by atoms with Crippen LogP contribution in [0.5, 0.6) is 0 Å². The van der Waals surface area contributed by atoms with Crippen molar-refractivity contribution in [2.45, 2.75) is 0 Å². The Labute approximate surface area is 722 Å². The number of nitrogens with zero attached hydrogens (tertiary/aromatic N) is 6. The highest BCUT2D eigenvalue weighted by Gasteiger charge is 2.42. The van der Waals surface area contributed by atoms with Gasteiger partial charge in [0.2, 0.25) is 46.5 Å². The van der Waals surface area contributed by atoms with Crippen LogP contribution >= 0.6 is 0 Å². The predicted octanol–water partition coefficient (Wildman–Crippen LogP) is 27.6. The highest BCUT2D eigenvalue weighted by Crippen LogP contribution is 2.50. The van der Waals surface area contributed by atoms with Gasteiger partial charge in [0, 0.05) is 66.6 Å². The van der Waals surface area contributed by atoms with Gasteiger partial charge in [0.1, 0.15) is 0 Å². The van der Waals surface area contributed by atoms with Crippen LogP contribution in [0.4, 0.5) is 176 Å². The summed E-state index contributed by atoms with van der Waals surface area (Å²) in [5, 5.41) is 0. The molecule has 0 saturated carbocycles. The third-order valence-electron chi connectivity index (χ3n) is 21.0. The van der Waals surface area contributed by atoms with E-state index in [0.717, 1.165) is 0 Å². The first-order valence-electron chi connectivity index (χ1n) is 36.5. The van der Waals surface area contributed by atoms with Gasteiger partial charge in [-0.05, 0) is 97.2 Å². The number of rotatable bonds is 8. The van der Waals surface area contributed by atoms with Crippen molar-refractivity contribution in [2.75, 3.05) is 0 Å². The van der Waals surface area contributed by atoms with Gasteiger partial charge >= 0.3 is 0 Å². The molecule has 0 aliphatic carbocycles. The number of halogens is 40. The van der Waals surface area contributed by atoms with Crippen LogP contribution in [0.3, 0.4) is 0 Å². The largest absolute Gasteiger partial charge is 0.354 e. The molecule has 0 saturated heterocycles. The molecule has 0 fully saturated rings. The Balaban J connectivity index is 1.15. The number of hydrogen-bond donors (Lipinski definition) is 2. The number of benzene rings is 8. The van der Waals surface area contributed by atoms with Gasteiger partial charge < -0.3 is 9.97 Å². The monoisotopic (exact) mass is 1950 g/mol. The standard InChI is InChI=1S/C88H18F40N8/c89-49-41(50(90)66(106)81(121)65(49)105)33-17-1-2-18(129-17)34(42-51(91)67(107)82(122)68(108)52(42)92)20-5-6-22(131-20)36(44-55(95)71(111)84(124)72(112)56(44)96)24-9-10-26(133-24)38(46-59(99)75(115)86(126)76(116)60(46)100)28-13-14-30(135-28)40(48-63(103)79(119)88(128)80(120)64(48)104)32-16-15-31(136-32)39(47-61(101)77(117)87(127)78(118)62(47)102)29-12-11-27(134-29)37(45-57(97)73(113)85(125)74(114)58(45)98)25-8-7-23(132-25)35(21-4-3-19(33)130-21)43-53(93)69(109)83(123)70(110)54(43)94/h1-16,129,132H. The number of H-pyrrole nitrogens is 2. The Morgan fingerprint density at radius 3 is 0.287 bits per heavy atom. The van der Waals surface area contributed by atoms with Gasteiger partial charge in [-0.1, -0.05) is 0 Å². The quantitative estimate of drug-likeness (QED) is 0.0891. The van der Waals surface area contributed by atoms with Gasteiger partial charge in [0.15, 0.2) is 186 Å². The summed E-state index contributed by atoms with van der Waals surface area (Å²) < 4.78 is 644. The minimum Gasteiger partial charge on any atom is -0.354 e. The van der Waals surface area contributed by atoms with Crippen molar-refractivity contribution < 1.29 is 176 Å². The molecule has 0 unspecified atom stereocenters. The van der Waals surface area contributed by atoms with Crippen LogP contribution in [0.1, 0.15) is 68.3 Å². The smallest absolute Gasteiger partial charge is 0.200 e. The van der Waals surface area contributed by atoms with Gasteiger partial charge in [0.05, 0.1) is 113 Å². The number of aromatic nitrogens is 8. The molecule has 16 bridgehead atoms. The number of hydrogen-bond acceptors (Lipinski definition) is 6. The number of nitrogens with one attached hydrogen (secondary N) is 2. The molecule has 9 heterocycles. The molecular weight excluding hydrogens is 1930 g/mol. The van der Waals surface area contributed by atoms with E-state index >= 15 is 176 Å². The van der Waals surface area contributed by atoms with Crippen molar-refractivity contribution in [1.29, 1.82) is 0 Å². The topological polar surface area (TPSA) is 109 Å². The molecule has 6 aliphatic rings. The van der Waals surface area contributed by atoms with E-state index in [9.17, 15) is 0 Å². The Morgan fingerprint density at radius 2 is 0.184 bits per heavy atom. The molecular formula is C88H18F40N8. The minimum absolute atomic E-state index is 0.183. The Hall–Kier alpha value is -15.8. The van der Waals surface area contributed by atoms with Gasteiger partial charge in [0.25, 0.3) is 0 Å². The molecule has 0 spiro atoms. The summed E-state index contributed by atoms with van der Waals surface area (Å²) in [5.41, 5.74) is -58.6. The van der Waals surface area contributed by atoms with E-state index in [2.05, 4.69) is 29.9 Å². The molecule has 17 rings (SSSR count). The lowest BCUT2D eigenvalue weighted by atomic mass is 9.99. The summed E-state index contributed by atoms with van der Waals surface area (Å²) in [6.45, 7) is 0. The van der Waals surface area contributed by atoms with E-state index in [1.165, 1.54) is 0 Å². The van der Waals surface area contributed by atoms with E-state index < -0.39 is 412 Å². The molecule has 136 heavy (non-hydrogen) atoms. The van der Waals surface area contributed by atoms with Crippen LogP contribution in [0, 0.1) is 233 Å². The second-order valence-electron chi connectivity index (χ2n) is 28.4. The maximum Gasteiger partial charge on any atom is 0.200 e. The highest BCUT2D eigenvalue weighted by atomic mass is 19.2. The molecule has 11 aromatic rings. The zero-order valence-electron chi connectivity index (χ0n) is 64.0. The minimum atomic E-state index is -3.08. The first-order valence-corrected chi connectivity index (χ1v) is 36.5. The number of aromatic amines is 2. The summed E-state index contributed by atoms with van der Waals surface area (Å²) in [5.74, 6) is -121. The van der Waals surface area contributed by atoms with Crippen LogP contribution in [-0.2, 0) is 0 Å².